The van der Waals surface area contributed by atoms with Gasteiger partial charge in [-0.2, -0.15) is 0 Å². The van der Waals surface area contributed by atoms with E-state index in [1.165, 1.54) is 6.07 Å². The molecule has 1 fully saturated rings. The topological polar surface area (TPSA) is 61.9 Å². The van der Waals surface area contributed by atoms with Crippen LogP contribution < -0.4 is 5.32 Å². The molecule has 132 valence electrons. The van der Waals surface area contributed by atoms with Crippen molar-refractivity contribution in [2.24, 2.45) is 0 Å². The lowest BCUT2D eigenvalue weighted by molar-refractivity contribution is -0.121. The van der Waals surface area contributed by atoms with E-state index in [1.54, 1.807) is 18.7 Å². The third-order valence-corrected chi connectivity index (χ3v) is 3.96. The average Bonchev–Trinajstić information content (AvgIpc) is 2.57. The SMILES string of the molecule is CCOC(=O)N1CCN(C(C)C(=O)Nc2ccc(F)cc2F)CC1. The molecule has 1 saturated heterocycles. The van der Waals surface area contributed by atoms with Gasteiger partial charge in [0.2, 0.25) is 5.91 Å². The number of nitrogens with zero attached hydrogens (tertiary/aromatic N) is 2. The number of rotatable bonds is 4. The number of ether oxygens (including phenoxy) is 1. The molecule has 0 aromatic heterocycles. The second-order valence-corrected chi connectivity index (χ2v) is 5.51. The maximum absolute atomic E-state index is 13.6. The van der Waals surface area contributed by atoms with Crippen molar-refractivity contribution in [1.29, 1.82) is 0 Å². The number of nitrogens with one attached hydrogen (secondary N) is 1. The Bertz CT molecular complexity index is 604. The third-order valence-electron chi connectivity index (χ3n) is 3.96. The normalized spacial score (nSPS) is 16.6. The van der Waals surface area contributed by atoms with Crippen LogP contribution in [0.3, 0.4) is 0 Å². The van der Waals surface area contributed by atoms with E-state index in [4.69, 9.17) is 4.74 Å². The van der Waals surface area contributed by atoms with Gasteiger partial charge < -0.3 is 15.0 Å². The highest BCUT2D eigenvalue weighted by molar-refractivity contribution is 5.94. The van der Waals surface area contributed by atoms with Crippen LogP contribution in [0.5, 0.6) is 0 Å². The molecule has 1 heterocycles. The maximum Gasteiger partial charge on any atom is 0.409 e. The Morgan fingerprint density at radius 1 is 1.25 bits per heavy atom. The van der Waals surface area contributed by atoms with Crippen LogP contribution >= 0.6 is 0 Å². The third kappa shape index (κ3) is 4.41. The lowest BCUT2D eigenvalue weighted by atomic mass is 10.2. The molecule has 0 radical (unpaired) electrons. The molecule has 0 bridgehead atoms. The summed E-state index contributed by atoms with van der Waals surface area (Å²) in [4.78, 5) is 27.4. The van der Waals surface area contributed by atoms with Gasteiger partial charge in [0.25, 0.3) is 0 Å². The first kappa shape index (κ1) is 18.1. The van der Waals surface area contributed by atoms with Gasteiger partial charge in [0, 0.05) is 32.2 Å². The van der Waals surface area contributed by atoms with Gasteiger partial charge in [0.15, 0.2) is 0 Å². The Balaban J connectivity index is 1.89. The number of halogens is 2. The number of hydrogen-bond donors (Lipinski definition) is 1. The molecule has 1 aliphatic rings. The van der Waals surface area contributed by atoms with E-state index in [9.17, 15) is 18.4 Å². The lowest BCUT2D eigenvalue weighted by Gasteiger charge is -2.36. The van der Waals surface area contributed by atoms with Crippen LogP contribution in [0.25, 0.3) is 0 Å². The summed E-state index contributed by atoms with van der Waals surface area (Å²) in [5, 5.41) is 2.46. The van der Waals surface area contributed by atoms with Crippen molar-refractivity contribution in [3.63, 3.8) is 0 Å². The van der Waals surface area contributed by atoms with Gasteiger partial charge in [-0.15, -0.1) is 0 Å². The smallest absolute Gasteiger partial charge is 0.409 e. The number of amides is 2. The molecular weight excluding hydrogens is 320 g/mol. The van der Waals surface area contributed by atoms with Crippen molar-refractivity contribution in [3.8, 4) is 0 Å². The first-order valence-electron chi connectivity index (χ1n) is 7.84. The fraction of sp³-hybridized carbons (Fsp3) is 0.500. The van der Waals surface area contributed by atoms with Crippen molar-refractivity contribution in [2.75, 3.05) is 38.1 Å². The summed E-state index contributed by atoms with van der Waals surface area (Å²) >= 11 is 0. The van der Waals surface area contributed by atoms with E-state index in [0.29, 0.717) is 32.8 Å². The van der Waals surface area contributed by atoms with Crippen molar-refractivity contribution in [1.82, 2.24) is 9.80 Å². The molecule has 0 spiro atoms. The highest BCUT2D eigenvalue weighted by atomic mass is 19.1. The second kappa shape index (κ2) is 8.05. The molecule has 1 aliphatic heterocycles. The Hall–Kier alpha value is -2.22. The maximum atomic E-state index is 13.6. The number of piperazine rings is 1. The summed E-state index contributed by atoms with van der Waals surface area (Å²) < 4.78 is 31.4. The van der Waals surface area contributed by atoms with Crippen LogP contribution in [0.15, 0.2) is 18.2 Å². The largest absolute Gasteiger partial charge is 0.450 e. The van der Waals surface area contributed by atoms with Gasteiger partial charge in [-0.3, -0.25) is 9.69 Å². The van der Waals surface area contributed by atoms with E-state index in [1.807, 2.05) is 4.90 Å². The highest BCUT2D eigenvalue weighted by Gasteiger charge is 2.28. The molecule has 6 nitrogen and oxygen atoms in total. The standard InChI is InChI=1S/C16H21F2N3O3/c1-3-24-16(23)21-8-6-20(7-9-21)11(2)15(22)19-14-5-4-12(17)10-13(14)18/h4-5,10-11H,3,6-9H2,1-2H3,(H,19,22). The molecular formula is C16H21F2N3O3. The monoisotopic (exact) mass is 341 g/mol. The number of benzene rings is 1. The van der Waals surface area contributed by atoms with Crippen LogP contribution in [0.2, 0.25) is 0 Å². The second-order valence-electron chi connectivity index (χ2n) is 5.51. The van der Waals surface area contributed by atoms with Crippen LogP contribution in [0, 0.1) is 11.6 Å². The Kier molecular flexibility index (Phi) is 6.08. The summed E-state index contributed by atoms with van der Waals surface area (Å²) in [6, 6.07) is 2.49. The quantitative estimate of drug-likeness (QED) is 0.911. The summed E-state index contributed by atoms with van der Waals surface area (Å²) in [5.74, 6) is -1.90. The molecule has 1 aromatic rings. The van der Waals surface area contributed by atoms with Crippen molar-refractivity contribution >= 4 is 17.7 Å². The molecule has 1 unspecified atom stereocenters. The van der Waals surface area contributed by atoms with E-state index in [-0.39, 0.29) is 17.7 Å². The first-order valence-corrected chi connectivity index (χ1v) is 7.84. The number of anilines is 1. The van der Waals surface area contributed by atoms with Crippen molar-refractivity contribution < 1.29 is 23.1 Å². The summed E-state index contributed by atoms with van der Waals surface area (Å²) in [7, 11) is 0. The molecule has 1 atom stereocenters. The van der Waals surface area contributed by atoms with Gasteiger partial charge in [0.05, 0.1) is 18.3 Å². The van der Waals surface area contributed by atoms with E-state index < -0.39 is 17.7 Å². The highest BCUT2D eigenvalue weighted by Crippen LogP contribution is 2.16. The van der Waals surface area contributed by atoms with Gasteiger partial charge in [-0.25, -0.2) is 13.6 Å². The van der Waals surface area contributed by atoms with Crippen LogP contribution in [-0.4, -0.2) is 60.6 Å². The Morgan fingerprint density at radius 2 is 1.92 bits per heavy atom. The molecule has 0 aliphatic carbocycles. The Morgan fingerprint density at radius 3 is 2.50 bits per heavy atom. The van der Waals surface area contributed by atoms with Crippen LogP contribution in [-0.2, 0) is 9.53 Å². The molecule has 24 heavy (non-hydrogen) atoms. The summed E-state index contributed by atoms with van der Waals surface area (Å²) in [5.41, 5.74) is -0.0570. The molecule has 8 heteroatoms. The lowest BCUT2D eigenvalue weighted by Crippen LogP contribution is -2.54. The minimum absolute atomic E-state index is 0.0570. The van der Waals surface area contributed by atoms with Gasteiger partial charge in [-0.05, 0) is 26.0 Å². The van der Waals surface area contributed by atoms with E-state index in [0.717, 1.165) is 12.1 Å². The predicted octanol–water partition coefficient (Wildman–Crippen LogP) is 2.07. The zero-order chi connectivity index (χ0) is 17.7. The minimum atomic E-state index is -0.817. The van der Waals surface area contributed by atoms with Crippen molar-refractivity contribution in [3.05, 3.63) is 29.8 Å². The van der Waals surface area contributed by atoms with Gasteiger partial charge >= 0.3 is 6.09 Å². The van der Waals surface area contributed by atoms with E-state index >= 15 is 0 Å². The minimum Gasteiger partial charge on any atom is -0.450 e. The fourth-order valence-corrected chi connectivity index (χ4v) is 2.50. The van der Waals surface area contributed by atoms with Crippen LogP contribution in [0.1, 0.15) is 13.8 Å². The Labute approximate surface area is 139 Å². The zero-order valence-corrected chi connectivity index (χ0v) is 13.7. The first-order chi connectivity index (χ1) is 11.4. The summed E-state index contributed by atoms with van der Waals surface area (Å²) in [6.45, 7) is 5.72. The van der Waals surface area contributed by atoms with Crippen LogP contribution in [0.4, 0.5) is 19.3 Å². The average molecular weight is 341 g/mol. The number of carbonyl (C=O) groups is 2. The summed E-state index contributed by atoms with van der Waals surface area (Å²) in [6.07, 6.45) is -0.359. The molecule has 1 N–H and O–H groups in total. The number of hydrogen-bond acceptors (Lipinski definition) is 4. The molecule has 0 saturated carbocycles. The predicted molar refractivity (Wildman–Crippen MR) is 84.6 cm³/mol. The molecule has 2 amide bonds. The van der Waals surface area contributed by atoms with E-state index in [2.05, 4.69) is 5.32 Å². The fourth-order valence-electron chi connectivity index (χ4n) is 2.50. The number of carbonyl (C=O) groups excluding carboxylic acids is 2. The zero-order valence-electron chi connectivity index (χ0n) is 13.7. The van der Waals surface area contributed by atoms with Crippen molar-refractivity contribution in [2.45, 2.75) is 19.9 Å². The van der Waals surface area contributed by atoms with Gasteiger partial charge in [-0.1, -0.05) is 0 Å². The molecule has 1 aromatic carbocycles. The molecule has 2 rings (SSSR count). The van der Waals surface area contributed by atoms with Gasteiger partial charge in [0.1, 0.15) is 11.6 Å².